The van der Waals surface area contributed by atoms with E-state index in [1.807, 2.05) is 20.8 Å². The van der Waals surface area contributed by atoms with Crippen LogP contribution < -0.4 is 10.6 Å². The number of amides is 1. The highest BCUT2D eigenvalue weighted by Gasteiger charge is 2.12. The lowest BCUT2D eigenvalue weighted by Gasteiger charge is -2.20. The van der Waals surface area contributed by atoms with Crippen LogP contribution in [0.25, 0.3) is 0 Å². The number of aliphatic hydroxyl groups is 2. The van der Waals surface area contributed by atoms with Crippen molar-refractivity contribution in [2.45, 2.75) is 38.8 Å². The van der Waals surface area contributed by atoms with Gasteiger partial charge in [0.25, 0.3) is 0 Å². The van der Waals surface area contributed by atoms with Crippen LogP contribution in [-0.4, -0.2) is 47.5 Å². The summed E-state index contributed by atoms with van der Waals surface area (Å²) < 4.78 is 0. The summed E-state index contributed by atoms with van der Waals surface area (Å²) in [5.74, 6) is -0.0199. The fourth-order valence-corrected chi connectivity index (χ4v) is 1.02. The van der Waals surface area contributed by atoms with E-state index in [9.17, 15) is 4.79 Å². The molecule has 0 radical (unpaired) electrons. The number of aliphatic hydroxyl groups excluding tert-OH is 2. The van der Waals surface area contributed by atoms with Gasteiger partial charge in [-0.15, -0.1) is 0 Å². The number of carbonyl (C=O) groups is 1. The van der Waals surface area contributed by atoms with E-state index in [0.717, 1.165) is 0 Å². The molecule has 0 spiro atoms. The normalized spacial score (nSPS) is 13.7. The molecule has 0 unspecified atom stereocenters. The molecule has 0 fully saturated rings. The molecule has 1 amide bonds. The predicted octanol–water partition coefficient (Wildman–Crippen LogP) is -0.766. The summed E-state index contributed by atoms with van der Waals surface area (Å²) in [7, 11) is 0. The van der Waals surface area contributed by atoms with Crippen LogP contribution in [-0.2, 0) is 4.79 Å². The Balaban J connectivity index is 3.48. The zero-order valence-corrected chi connectivity index (χ0v) is 9.71. The Hall–Kier alpha value is -0.650. The average molecular weight is 218 g/mol. The van der Waals surface area contributed by atoms with Crippen molar-refractivity contribution in [3.05, 3.63) is 0 Å². The van der Waals surface area contributed by atoms with Gasteiger partial charge in [0.15, 0.2) is 0 Å². The van der Waals surface area contributed by atoms with Gasteiger partial charge < -0.3 is 20.8 Å². The molecule has 0 aliphatic heterocycles. The summed E-state index contributed by atoms with van der Waals surface area (Å²) in [6, 6.07) is 0. The van der Waals surface area contributed by atoms with Crippen molar-refractivity contribution >= 4 is 5.91 Å². The molecule has 5 nitrogen and oxygen atoms in total. The smallest absolute Gasteiger partial charge is 0.221 e. The van der Waals surface area contributed by atoms with Crippen molar-refractivity contribution < 1.29 is 15.0 Å². The van der Waals surface area contributed by atoms with Crippen molar-refractivity contribution in [2.75, 3.05) is 19.7 Å². The molecule has 90 valence electrons. The van der Waals surface area contributed by atoms with Crippen molar-refractivity contribution in [3.8, 4) is 0 Å². The minimum atomic E-state index is -0.754. The van der Waals surface area contributed by atoms with E-state index in [0.29, 0.717) is 19.5 Å². The molecular weight excluding hydrogens is 196 g/mol. The standard InChI is InChI=1S/C10H22N2O3/c1-10(2,3)12-9(15)4-5-11-6-8(14)7-13/h8,11,13-14H,4-7H2,1-3H3,(H,12,15)/t8-/m0/s1. The quantitative estimate of drug-likeness (QED) is 0.441. The van der Waals surface area contributed by atoms with Gasteiger partial charge in [0.2, 0.25) is 5.91 Å². The maximum Gasteiger partial charge on any atom is 0.221 e. The third-order valence-corrected chi connectivity index (χ3v) is 1.63. The lowest BCUT2D eigenvalue weighted by Crippen LogP contribution is -2.42. The molecule has 4 N–H and O–H groups in total. The molecule has 0 saturated heterocycles. The van der Waals surface area contributed by atoms with Crippen LogP contribution in [0.3, 0.4) is 0 Å². The maximum absolute atomic E-state index is 11.3. The first-order valence-electron chi connectivity index (χ1n) is 5.16. The summed E-state index contributed by atoms with van der Waals surface area (Å²) in [6.07, 6.45) is -0.384. The lowest BCUT2D eigenvalue weighted by molar-refractivity contribution is -0.122. The molecule has 0 aliphatic rings. The van der Waals surface area contributed by atoms with E-state index in [1.54, 1.807) is 0 Å². The summed E-state index contributed by atoms with van der Waals surface area (Å²) in [5, 5.41) is 23.2. The molecule has 0 heterocycles. The fraction of sp³-hybridized carbons (Fsp3) is 0.900. The molecular formula is C10H22N2O3. The highest BCUT2D eigenvalue weighted by molar-refractivity contribution is 5.76. The summed E-state index contributed by atoms with van der Waals surface area (Å²) in [6.45, 7) is 6.31. The molecule has 0 saturated carbocycles. The second-order valence-electron chi connectivity index (χ2n) is 4.59. The van der Waals surface area contributed by atoms with E-state index in [4.69, 9.17) is 10.2 Å². The Bertz CT molecular complexity index is 190. The summed E-state index contributed by atoms with van der Waals surface area (Å²) in [4.78, 5) is 11.3. The topological polar surface area (TPSA) is 81.6 Å². The maximum atomic E-state index is 11.3. The van der Waals surface area contributed by atoms with E-state index >= 15 is 0 Å². The molecule has 1 atom stereocenters. The second-order valence-corrected chi connectivity index (χ2v) is 4.59. The first-order valence-corrected chi connectivity index (χ1v) is 5.16. The molecule has 0 aromatic carbocycles. The molecule has 0 aromatic heterocycles. The van der Waals surface area contributed by atoms with Gasteiger partial charge in [-0.25, -0.2) is 0 Å². The lowest BCUT2D eigenvalue weighted by atomic mass is 10.1. The van der Waals surface area contributed by atoms with Crippen LogP contribution in [0, 0.1) is 0 Å². The third kappa shape index (κ3) is 9.65. The minimum Gasteiger partial charge on any atom is -0.394 e. The minimum absolute atomic E-state index is 0.0199. The highest BCUT2D eigenvalue weighted by atomic mass is 16.3. The third-order valence-electron chi connectivity index (χ3n) is 1.63. The van der Waals surface area contributed by atoms with Crippen LogP contribution in [0.2, 0.25) is 0 Å². The van der Waals surface area contributed by atoms with E-state index in [2.05, 4.69) is 10.6 Å². The van der Waals surface area contributed by atoms with Crippen LogP contribution in [0.15, 0.2) is 0 Å². The number of hydrogen-bond acceptors (Lipinski definition) is 4. The predicted molar refractivity (Wildman–Crippen MR) is 58.5 cm³/mol. The number of carbonyl (C=O) groups excluding carboxylic acids is 1. The van der Waals surface area contributed by atoms with Crippen molar-refractivity contribution in [2.24, 2.45) is 0 Å². The van der Waals surface area contributed by atoms with Gasteiger partial charge in [0.1, 0.15) is 0 Å². The Labute approximate surface area is 90.9 Å². The van der Waals surface area contributed by atoms with Crippen LogP contribution >= 0.6 is 0 Å². The molecule has 0 bridgehead atoms. The molecule has 15 heavy (non-hydrogen) atoms. The Morgan fingerprint density at radius 3 is 2.47 bits per heavy atom. The highest BCUT2D eigenvalue weighted by Crippen LogP contribution is 1.98. The Morgan fingerprint density at radius 2 is 2.00 bits per heavy atom. The van der Waals surface area contributed by atoms with Crippen LogP contribution in [0.4, 0.5) is 0 Å². The second kappa shape index (κ2) is 6.76. The first kappa shape index (κ1) is 14.3. The number of hydrogen-bond donors (Lipinski definition) is 4. The summed E-state index contributed by atoms with van der Waals surface area (Å²) >= 11 is 0. The van der Waals surface area contributed by atoms with Crippen LogP contribution in [0.1, 0.15) is 27.2 Å². The Kier molecular flexibility index (Phi) is 6.47. The van der Waals surface area contributed by atoms with Crippen LogP contribution in [0.5, 0.6) is 0 Å². The van der Waals surface area contributed by atoms with E-state index in [1.165, 1.54) is 0 Å². The average Bonchev–Trinajstić information content (AvgIpc) is 2.09. The van der Waals surface area contributed by atoms with E-state index < -0.39 is 6.10 Å². The fourth-order valence-electron chi connectivity index (χ4n) is 1.02. The van der Waals surface area contributed by atoms with Gasteiger partial charge in [-0.05, 0) is 20.8 Å². The van der Waals surface area contributed by atoms with Gasteiger partial charge in [-0.1, -0.05) is 0 Å². The van der Waals surface area contributed by atoms with Gasteiger partial charge in [-0.2, -0.15) is 0 Å². The van der Waals surface area contributed by atoms with Crippen molar-refractivity contribution in [1.29, 1.82) is 0 Å². The van der Waals surface area contributed by atoms with Gasteiger partial charge >= 0.3 is 0 Å². The van der Waals surface area contributed by atoms with Gasteiger partial charge in [0, 0.05) is 25.0 Å². The SMILES string of the molecule is CC(C)(C)NC(=O)CCNC[C@H](O)CO. The largest absolute Gasteiger partial charge is 0.394 e. The monoisotopic (exact) mass is 218 g/mol. The van der Waals surface area contributed by atoms with Crippen molar-refractivity contribution in [1.82, 2.24) is 10.6 Å². The zero-order valence-electron chi connectivity index (χ0n) is 9.71. The first-order chi connectivity index (χ1) is 6.85. The van der Waals surface area contributed by atoms with Gasteiger partial charge in [0.05, 0.1) is 12.7 Å². The van der Waals surface area contributed by atoms with Gasteiger partial charge in [-0.3, -0.25) is 4.79 Å². The van der Waals surface area contributed by atoms with E-state index in [-0.39, 0.29) is 18.1 Å². The zero-order chi connectivity index (χ0) is 11.9. The molecule has 0 aromatic rings. The Morgan fingerprint density at radius 1 is 1.40 bits per heavy atom. The molecule has 0 aliphatic carbocycles. The molecule has 0 rings (SSSR count). The number of rotatable bonds is 6. The molecule has 5 heteroatoms. The number of nitrogens with one attached hydrogen (secondary N) is 2. The summed E-state index contributed by atoms with van der Waals surface area (Å²) in [5.41, 5.74) is -0.207. The van der Waals surface area contributed by atoms with Crippen molar-refractivity contribution in [3.63, 3.8) is 0 Å².